The van der Waals surface area contributed by atoms with Crippen LogP contribution in [-0.2, 0) is 10.0 Å². The molecule has 1 rings (SSSR count). The Labute approximate surface area is 110 Å². The Morgan fingerprint density at radius 3 is 2.76 bits per heavy atom. The molecule has 0 aliphatic carbocycles. The zero-order valence-corrected chi connectivity index (χ0v) is 12.4. The molecule has 0 aromatic heterocycles. The van der Waals surface area contributed by atoms with E-state index < -0.39 is 10.0 Å². The summed E-state index contributed by atoms with van der Waals surface area (Å²) in [6.07, 6.45) is 2.09. The molecule has 6 heteroatoms. The van der Waals surface area contributed by atoms with Crippen LogP contribution in [0.25, 0.3) is 0 Å². The summed E-state index contributed by atoms with van der Waals surface area (Å²) < 4.78 is 25.8. The highest BCUT2D eigenvalue weighted by atomic mass is 32.2. The third kappa shape index (κ3) is 5.16. The van der Waals surface area contributed by atoms with E-state index in [9.17, 15) is 8.42 Å². The van der Waals surface area contributed by atoms with E-state index in [2.05, 4.69) is 19.2 Å². The van der Waals surface area contributed by atoms with Gasteiger partial charge in [-0.1, -0.05) is 13.8 Å². The maximum absolute atomic E-state index is 12.1. The minimum absolute atomic E-state index is 0.230. The standard InChI is InChI=1S/C11H24N2O2S2/c1-3-5-12-6-9-17(14,15)13-7-8-16-11(4-2)10-13/h11-12H,3-10H2,1-2H3. The van der Waals surface area contributed by atoms with E-state index in [1.807, 2.05) is 11.8 Å². The number of sulfonamides is 1. The van der Waals surface area contributed by atoms with Crippen LogP contribution >= 0.6 is 11.8 Å². The van der Waals surface area contributed by atoms with Crippen molar-refractivity contribution in [1.82, 2.24) is 9.62 Å². The van der Waals surface area contributed by atoms with Crippen molar-refractivity contribution in [3.05, 3.63) is 0 Å². The third-order valence-electron chi connectivity index (χ3n) is 2.91. The van der Waals surface area contributed by atoms with Crippen molar-refractivity contribution in [3.8, 4) is 0 Å². The summed E-state index contributed by atoms with van der Waals surface area (Å²) in [5, 5.41) is 3.62. The van der Waals surface area contributed by atoms with Gasteiger partial charge in [0.15, 0.2) is 0 Å². The highest BCUT2D eigenvalue weighted by Gasteiger charge is 2.27. The lowest BCUT2D eigenvalue weighted by Crippen LogP contribution is -2.44. The molecular weight excluding hydrogens is 256 g/mol. The second kappa shape index (κ2) is 7.61. The van der Waals surface area contributed by atoms with Gasteiger partial charge in [0, 0.05) is 30.6 Å². The Bertz CT molecular complexity index is 307. The Morgan fingerprint density at radius 1 is 1.35 bits per heavy atom. The van der Waals surface area contributed by atoms with E-state index in [1.165, 1.54) is 0 Å². The summed E-state index contributed by atoms with van der Waals surface area (Å²) in [4.78, 5) is 0. The lowest BCUT2D eigenvalue weighted by molar-refractivity contribution is 0.415. The van der Waals surface area contributed by atoms with Crippen molar-refractivity contribution in [2.24, 2.45) is 0 Å². The molecule has 0 bridgehead atoms. The van der Waals surface area contributed by atoms with Gasteiger partial charge in [0.25, 0.3) is 0 Å². The maximum Gasteiger partial charge on any atom is 0.215 e. The van der Waals surface area contributed by atoms with E-state index in [-0.39, 0.29) is 5.75 Å². The van der Waals surface area contributed by atoms with E-state index >= 15 is 0 Å². The summed E-state index contributed by atoms with van der Waals surface area (Å²) >= 11 is 1.89. The number of nitrogens with one attached hydrogen (secondary N) is 1. The second-order valence-corrected chi connectivity index (χ2v) is 7.82. The minimum Gasteiger partial charge on any atom is -0.316 e. The molecule has 17 heavy (non-hydrogen) atoms. The predicted molar refractivity (Wildman–Crippen MR) is 75.1 cm³/mol. The zero-order valence-electron chi connectivity index (χ0n) is 10.8. The number of hydrogen-bond donors (Lipinski definition) is 1. The van der Waals surface area contributed by atoms with Crippen LogP contribution < -0.4 is 5.32 Å². The fourth-order valence-electron chi connectivity index (χ4n) is 1.82. The fraction of sp³-hybridized carbons (Fsp3) is 1.00. The number of thioether (sulfide) groups is 1. The van der Waals surface area contributed by atoms with Crippen molar-refractivity contribution in [2.75, 3.05) is 37.7 Å². The topological polar surface area (TPSA) is 49.4 Å². The monoisotopic (exact) mass is 280 g/mol. The highest BCUT2D eigenvalue weighted by Crippen LogP contribution is 2.22. The first kappa shape index (κ1) is 15.3. The van der Waals surface area contributed by atoms with Gasteiger partial charge in [0.1, 0.15) is 0 Å². The largest absolute Gasteiger partial charge is 0.316 e. The van der Waals surface area contributed by atoms with Gasteiger partial charge < -0.3 is 5.32 Å². The molecule has 0 aromatic rings. The van der Waals surface area contributed by atoms with Gasteiger partial charge in [-0.25, -0.2) is 8.42 Å². The van der Waals surface area contributed by atoms with Crippen LogP contribution in [0.4, 0.5) is 0 Å². The quantitative estimate of drug-likeness (QED) is 0.711. The Balaban J connectivity index is 2.40. The normalized spacial score (nSPS) is 22.8. The number of hydrogen-bond acceptors (Lipinski definition) is 4. The first-order chi connectivity index (χ1) is 8.10. The van der Waals surface area contributed by atoms with E-state index in [0.717, 1.165) is 25.1 Å². The molecule has 1 aliphatic rings. The molecule has 1 heterocycles. The molecule has 0 aromatic carbocycles. The van der Waals surface area contributed by atoms with Gasteiger partial charge in [-0.3, -0.25) is 0 Å². The van der Waals surface area contributed by atoms with Crippen LogP contribution in [-0.4, -0.2) is 55.7 Å². The van der Waals surface area contributed by atoms with Gasteiger partial charge in [0.2, 0.25) is 10.0 Å². The lowest BCUT2D eigenvalue weighted by Gasteiger charge is -2.31. The molecular formula is C11H24N2O2S2. The smallest absolute Gasteiger partial charge is 0.215 e. The third-order valence-corrected chi connectivity index (χ3v) is 6.12. The molecule has 1 N–H and O–H groups in total. The highest BCUT2D eigenvalue weighted by molar-refractivity contribution is 8.00. The van der Waals surface area contributed by atoms with Gasteiger partial charge >= 0.3 is 0 Å². The zero-order chi connectivity index (χ0) is 12.7. The maximum atomic E-state index is 12.1. The van der Waals surface area contributed by atoms with Crippen molar-refractivity contribution >= 4 is 21.8 Å². The Kier molecular flexibility index (Phi) is 6.84. The molecule has 1 aliphatic heterocycles. The van der Waals surface area contributed by atoms with Gasteiger partial charge in [-0.2, -0.15) is 16.1 Å². The SMILES string of the molecule is CCCNCCS(=O)(=O)N1CCSC(CC)C1. The predicted octanol–water partition coefficient (Wildman–Crippen LogP) is 1.14. The van der Waals surface area contributed by atoms with Crippen LogP contribution in [0.5, 0.6) is 0 Å². The molecule has 1 fully saturated rings. The lowest BCUT2D eigenvalue weighted by atomic mass is 10.3. The van der Waals surface area contributed by atoms with Gasteiger partial charge in [-0.05, 0) is 19.4 Å². The summed E-state index contributed by atoms with van der Waals surface area (Å²) in [7, 11) is -3.05. The van der Waals surface area contributed by atoms with Crippen LogP contribution in [0, 0.1) is 0 Å². The fourth-order valence-corrected chi connectivity index (χ4v) is 4.65. The van der Waals surface area contributed by atoms with E-state index in [4.69, 9.17) is 0 Å². The average molecular weight is 280 g/mol. The average Bonchev–Trinajstić information content (AvgIpc) is 2.35. The minimum atomic E-state index is -3.05. The molecule has 1 unspecified atom stereocenters. The number of rotatable bonds is 7. The molecule has 1 saturated heterocycles. The summed E-state index contributed by atoms with van der Waals surface area (Å²) in [6, 6.07) is 0. The van der Waals surface area contributed by atoms with Crippen LogP contribution in [0.1, 0.15) is 26.7 Å². The van der Waals surface area contributed by atoms with E-state index in [0.29, 0.717) is 24.9 Å². The van der Waals surface area contributed by atoms with Crippen molar-refractivity contribution < 1.29 is 8.42 Å². The first-order valence-electron chi connectivity index (χ1n) is 6.40. The molecule has 0 saturated carbocycles. The summed E-state index contributed by atoms with van der Waals surface area (Å²) in [5.41, 5.74) is 0. The Hall–Kier alpha value is 0.220. The van der Waals surface area contributed by atoms with Crippen LogP contribution in [0.3, 0.4) is 0 Å². The van der Waals surface area contributed by atoms with E-state index in [1.54, 1.807) is 4.31 Å². The Morgan fingerprint density at radius 2 is 2.12 bits per heavy atom. The molecule has 0 spiro atoms. The second-order valence-electron chi connectivity index (χ2n) is 4.33. The van der Waals surface area contributed by atoms with Crippen LogP contribution in [0.2, 0.25) is 0 Å². The molecule has 1 atom stereocenters. The molecule has 4 nitrogen and oxygen atoms in total. The van der Waals surface area contributed by atoms with Crippen molar-refractivity contribution in [3.63, 3.8) is 0 Å². The first-order valence-corrected chi connectivity index (χ1v) is 9.06. The molecule has 0 amide bonds. The molecule has 0 radical (unpaired) electrons. The van der Waals surface area contributed by atoms with Crippen LogP contribution in [0.15, 0.2) is 0 Å². The van der Waals surface area contributed by atoms with Crippen molar-refractivity contribution in [2.45, 2.75) is 31.9 Å². The van der Waals surface area contributed by atoms with Crippen molar-refractivity contribution in [1.29, 1.82) is 0 Å². The molecule has 102 valence electrons. The van der Waals surface area contributed by atoms with Gasteiger partial charge in [-0.15, -0.1) is 0 Å². The summed E-state index contributed by atoms with van der Waals surface area (Å²) in [5.74, 6) is 1.16. The van der Waals surface area contributed by atoms with Gasteiger partial charge in [0.05, 0.1) is 5.75 Å². The number of nitrogens with zero attached hydrogens (tertiary/aromatic N) is 1. The summed E-state index contributed by atoms with van der Waals surface area (Å²) in [6.45, 7) is 7.03.